The Labute approximate surface area is 159 Å². The van der Waals surface area contributed by atoms with Crippen LogP contribution < -0.4 is 5.32 Å². The summed E-state index contributed by atoms with van der Waals surface area (Å²) in [5, 5.41) is 21.8. The van der Waals surface area contributed by atoms with Crippen LogP contribution in [0, 0.1) is 0 Å². The third-order valence-corrected chi connectivity index (χ3v) is 5.06. The highest BCUT2D eigenvalue weighted by Gasteiger charge is 2.34. The van der Waals surface area contributed by atoms with Crippen LogP contribution in [-0.2, 0) is 20.8 Å². The number of carboxylic acid groups (broad SMARTS) is 2. The minimum Gasteiger partial charge on any atom is -0.480 e. The first-order valence-corrected chi connectivity index (χ1v) is 9.46. The Balaban J connectivity index is 2.07. The molecule has 3 atom stereocenters. The van der Waals surface area contributed by atoms with Crippen molar-refractivity contribution in [1.29, 1.82) is 0 Å². The van der Waals surface area contributed by atoms with Crippen molar-refractivity contribution in [3.05, 3.63) is 35.9 Å². The molecular weight excluding hydrogens is 348 g/mol. The Morgan fingerprint density at radius 2 is 1.85 bits per heavy atom. The van der Waals surface area contributed by atoms with E-state index in [2.05, 4.69) is 5.32 Å². The van der Waals surface area contributed by atoms with Gasteiger partial charge in [0.05, 0.1) is 6.04 Å². The van der Waals surface area contributed by atoms with Gasteiger partial charge in [0.2, 0.25) is 5.91 Å². The number of likely N-dealkylation sites (tertiary alicyclic amines) is 1. The molecule has 3 N–H and O–H groups in total. The molecule has 1 saturated heterocycles. The molecule has 0 aromatic heterocycles. The van der Waals surface area contributed by atoms with Crippen LogP contribution in [0.4, 0.5) is 0 Å². The standard InChI is InChI=1S/C20H28N2O5/c1-14(19(24)25)22-13-7-3-6-10-16(18(22)23)21-17(20(26)27)12-11-15-8-4-2-5-9-15/h2,4-5,8-9,14,16-17,21H,3,6-7,10-13H2,1H3,(H,24,25)(H,26,27). The van der Waals surface area contributed by atoms with Crippen molar-refractivity contribution in [3.8, 4) is 0 Å². The summed E-state index contributed by atoms with van der Waals surface area (Å²) in [4.78, 5) is 37.3. The van der Waals surface area contributed by atoms with Gasteiger partial charge in [-0.1, -0.05) is 43.2 Å². The first-order valence-electron chi connectivity index (χ1n) is 9.46. The summed E-state index contributed by atoms with van der Waals surface area (Å²) in [6, 6.07) is 7.13. The zero-order chi connectivity index (χ0) is 19.8. The number of nitrogens with one attached hydrogen (secondary N) is 1. The number of carbonyl (C=O) groups excluding carboxylic acids is 1. The van der Waals surface area contributed by atoms with E-state index >= 15 is 0 Å². The molecule has 1 aromatic rings. The maximum Gasteiger partial charge on any atom is 0.326 e. The molecule has 0 spiro atoms. The molecule has 1 aliphatic rings. The van der Waals surface area contributed by atoms with Crippen molar-refractivity contribution in [3.63, 3.8) is 0 Å². The van der Waals surface area contributed by atoms with Gasteiger partial charge in [-0.05, 0) is 38.2 Å². The topological polar surface area (TPSA) is 107 Å². The number of hydrogen-bond acceptors (Lipinski definition) is 4. The Kier molecular flexibility index (Phi) is 7.79. The second-order valence-corrected chi connectivity index (χ2v) is 7.03. The first-order chi connectivity index (χ1) is 12.9. The molecule has 1 aliphatic heterocycles. The number of aryl methyl sites for hydroxylation is 1. The van der Waals surface area contributed by atoms with Crippen LogP contribution in [0.15, 0.2) is 30.3 Å². The molecule has 0 aliphatic carbocycles. The SMILES string of the molecule is CC(C(=O)O)N1CCCCCC(NC(CCc2ccccc2)C(=O)O)C1=O. The van der Waals surface area contributed by atoms with Crippen LogP contribution in [0.1, 0.15) is 44.6 Å². The van der Waals surface area contributed by atoms with E-state index in [0.29, 0.717) is 25.8 Å². The van der Waals surface area contributed by atoms with E-state index in [9.17, 15) is 24.6 Å². The monoisotopic (exact) mass is 376 g/mol. The molecule has 1 fully saturated rings. The second-order valence-electron chi connectivity index (χ2n) is 7.03. The molecule has 1 aromatic carbocycles. The normalized spacial score (nSPS) is 20.4. The van der Waals surface area contributed by atoms with Crippen LogP contribution in [0.25, 0.3) is 0 Å². The molecule has 2 rings (SSSR count). The van der Waals surface area contributed by atoms with E-state index in [1.807, 2.05) is 30.3 Å². The molecule has 0 saturated carbocycles. The minimum absolute atomic E-state index is 0.324. The van der Waals surface area contributed by atoms with Gasteiger partial charge in [-0.3, -0.25) is 14.9 Å². The molecule has 0 radical (unpaired) electrons. The molecule has 1 heterocycles. The van der Waals surface area contributed by atoms with Crippen molar-refractivity contribution in [2.24, 2.45) is 0 Å². The van der Waals surface area contributed by atoms with Crippen LogP contribution in [-0.4, -0.2) is 57.6 Å². The Bertz CT molecular complexity index is 649. The fourth-order valence-corrected chi connectivity index (χ4v) is 3.39. The highest BCUT2D eigenvalue weighted by Crippen LogP contribution is 2.17. The van der Waals surface area contributed by atoms with Gasteiger partial charge in [0.1, 0.15) is 12.1 Å². The average molecular weight is 376 g/mol. The summed E-state index contributed by atoms with van der Waals surface area (Å²) in [6.07, 6.45) is 3.90. The second kappa shape index (κ2) is 10.1. The molecular formula is C20H28N2O5. The number of hydrogen-bond donors (Lipinski definition) is 3. The van der Waals surface area contributed by atoms with Gasteiger partial charge in [-0.25, -0.2) is 4.79 Å². The van der Waals surface area contributed by atoms with E-state index in [-0.39, 0.29) is 5.91 Å². The third kappa shape index (κ3) is 6.06. The third-order valence-electron chi connectivity index (χ3n) is 5.06. The molecule has 148 valence electrons. The van der Waals surface area contributed by atoms with Crippen LogP contribution in [0.5, 0.6) is 0 Å². The molecule has 1 amide bonds. The first kappa shape index (κ1) is 20.9. The summed E-state index contributed by atoms with van der Waals surface area (Å²) in [5.74, 6) is -2.38. The predicted molar refractivity (Wildman–Crippen MR) is 100 cm³/mol. The van der Waals surface area contributed by atoms with E-state index in [1.54, 1.807) is 0 Å². The van der Waals surface area contributed by atoms with Crippen LogP contribution >= 0.6 is 0 Å². The molecule has 7 heteroatoms. The quantitative estimate of drug-likeness (QED) is 0.640. The number of carbonyl (C=O) groups is 3. The molecule has 27 heavy (non-hydrogen) atoms. The summed E-state index contributed by atoms with van der Waals surface area (Å²) in [5.41, 5.74) is 1.04. The van der Waals surface area contributed by atoms with Gasteiger partial charge in [0, 0.05) is 6.54 Å². The van der Waals surface area contributed by atoms with Crippen LogP contribution in [0.2, 0.25) is 0 Å². The highest BCUT2D eigenvalue weighted by atomic mass is 16.4. The number of nitrogens with zero attached hydrogens (tertiary/aromatic N) is 1. The number of benzene rings is 1. The van der Waals surface area contributed by atoms with Crippen molar-refractivity contribution >= 4 is 17.8 Å². The number of amides is 1. The van der Waals surface area contributed by atoms with Gasteiger partial charge in [-0.15, -0.1) is 0 Å². The maximum absolute atomic E-state index is 12.9. The fourth-order valence-electron chi connectivity index (χ4n) is 3.39. The highest BCUT2D eigenvalue weighted by molar-refractivity contribution is 5.87. The zero-order valence-electron chi connectivity index (χ0n) is 15.6. The summed E-state index contributed by atoms with van der Waals surface area (Å²) in [6.45, 7) is 1.87. The lowest BCUT2D eigenvalue weighted by Gasteiger charge is -2.33. The van der Waals surface area contributed by atoms with E-state index in [4.69, 9.17) is 0 Å². The smallest absolute Gasteiger partial charge is 0.326 e. The Hall–Kier alpha value is -2.41. The van der Waals surface area contributed by atoms with Gasteiger partial charge >= 0.3 is 11.9 Å². The van der Waals surface area contributed by atoms with Crippen molar-refractivity contribution < 1.29 is 24.6 Å². The van der Waals surface area contributed by atoms with Crippen molar-refractivity contribution in [2.75, 3.05) is 6.54 Å². The maximum atomic E-state index is 12.9. The van der Waals surface area contributed by atoms with E-state index in [1.165, 1.54) is 11.8 Å². The number of aliphatic carboxylic acids is 2. The Morgan fingerprint density at radius 3 is 2.48 bits per heavy atom. The zero-order valence-corrected chi connectivity index (χ0v) is 15.6. The van der Waals surface area contributed by atoms with Crippen molar-refractivity contribution in [1.82, 2.24) is 10.2 Å². The Morgan fingerprint density at radius 1 is 1.15 bits per heavy atom. The van der Waals surface area contributed by atoms with E-state index in [0.717, 1.165) is 24.8 Å². The summed E-state index contributed by atoms with van der Waals surface area (Å²) >= 11 is 0. The lowest BCUT2D eigenvalue weighted by atomic mass is 9.99. The van der Waals surface area contributed by atoms with Crippen molar-refractivity contribution in [2.45, 2.75) is 63.6 Å². The van der Waals surface area contributed by atoms with Crippen LogP contribution in [0.3, 0.4) is 0 Å². The molecule has 0 bridgehead atoms. The molecule has 3 unspecified atom stereocenters. The van der Waals surface area contributed by atoms with E-state index < -0.39 is 30.1 Å². The van der Waals surface area contributed by atoms with Gasteiger partial charge < -0.3 is 15.1 Å². The lowest BCUT2D eigenvalue weighted by Crippen LogP contribution is -2.56. The fraction of sp³-hybridized carbons (Fsp3) is 0.550. The van der Waals surface area contributed by atoms with Gasteiger partial charge in [0.25, 0.3) is 0 Å². The average Bonchev–Trinajstić information content (AvgIpc) is 2.64. The largest absolute Gasteiger partial charge is 0.480 e. The predicted octanol–water partition coefficient (Wildman–Crippen LogP) is 1.91. The lowest BCUT2D eigenvalue weighted by molar-refractivity contribution is -0.151. The number of rotatable bonds is 8. The number of carboxylic acids is 2. The molecule has 7 nitrogen and oxygen atoms in total. The van der Waals surface area contributed by atoms with Gasteiger partial charge in [0.15, 0.2) is 0 Å². The summed E-state index contributed by atoms with van der Waals surface area (Å²) < 4.78 is 0. The summed E-state index contributed by atoms with van der Waals surface area (Å²) in [7, 11) is 0. The minimum atomic E-state index is -1.05. The van der Waals surface area contributed by atoms with Gasteiger partial charge in [-0.2, -0.15) is 0 Å².